The summed E-state index contributed by atoms with van der Waals surface area (Å²) in [6, 6.07) is 13.1. The molecule has 7 nitrogen and oxygen atoms in total. The van der Waals surface area contributed by atoms with Gasteiger partial charge in [-0.3, -0.25) is 19.8 Å². The molecule has 2 heterocycles. The lowest BCUT2D eigenvalue weighted by Gasteiger charge is -2.14. The fourth-order valence-corrected chi connectivity index (χ4v) is 4.29. The summed E-state index contributed by atoms with van der Waals surface area (Å²) in [5, 5.41) is 11.0. The molecule has 0 unspecified atom stereocenters. The second kappa shape index (κ2) is 8.32. The summed E-state index contributed by atoms with van der Waals surface area (Å²) in [7, 11) is 1.41. The molecule has 1 aliphatic heterocycles. The minimum absolute atomic E-state index is 0.103. The Morgan fingerprint density at radius 1 is 1.23 bits per heavy atom. The smallest absolute Gasteiger partial charge is 0.273 e. The highest BCUT2D eigenvalue weighted by atomic mass is 32.2. The molecule has 31 heavy (non-hydrogen) atoms. The number of thiocarbonyl (C=S) groups is 1. The number of nitro groups is 1. The molecule has 1 aliphatic rings. The quantitative estimate of drug-likeness (QED) is 0.220. The Hall–Kier alpha value is -3.50. The van der Waals surface area contributed by atoms with E-state index in [0.29, 0.717) is 27.7 Å². The van der Waals surface area contributed by atoms with Crippen LogP contribution in [0.25, 0.3) is 17.4 Å². The first-order chi connectivity index (χ1) is 14.9. The maximum atomic E-state index is 13.5. The Morgan fingerprint density at radius 3 is 2.74 bits per heavy atom. The number of carbonyl (C=O) groups excluding carboxylic acids is 1. The van der Waals surface area contributed by atoms with Gasteiger partial charge in [-0.1, -0.05) is 30.0 Å². The van der Waals surface area contributed by atoms with Crippen molar-refractivity contribution in [2.24, 2.45) is 0 Å². The van der Waals surface area contributed by atoms with Gasteiger partial charge in [-0.05, 0) is 36.4 Å². The van der Waals surface area contributed by atoms with Gasteiger partial charge in [0.1, 0.15) is 23.1 Å². The number of furan rings is 1. The van der Waals surface area contributed by atoms with E-state index in [2.05, 4.69) is 0 Å². The van der Waals surface area contributed by atoms with Crippen molar-refractivity contribution in [1.82, 2.24) is 0 Å². The normalized spacial score (nSPS) is 15.0. The van der Waals surface area contributed by atoms with Gasteiger partial charge in [0.2, 0.25) is 0 Å². The van der Waals surface area contributed by atoms with Crippen molar-refractivity contribution >= 4 is 51.7 Å². The first-order valence-corrected chi connectivity index (χ1v) is 10.1. The lowest BCUT2D eigenvalue weighted by Crippen LogP contribution is -2.27. The number of hydrogen-bond acceptors (Lipinski definition) is 7. The van der Waals surface area contributed by atoms with Crippen LogP contribution in [0.3, 0.4) is 0 Å². The number of thioether (sulfide) groups is 1. The molecular formula is C21H13FN2O5S2. The summed E-state index contributed by atoms with van der Waals surface area (Å²) < 4.78 is 24.9. The van der Waals surface area contributed by atoms with Gasteiger partial charge in [-0.2, -0.15) is 0 Å². The van der Waals surface area contributed by atoms with E-state index in [1.807, 2.05) is 0 Å². The molecule has 0 atom stereocenters. The summed E-state index contributed by atoms with van der Waals surface area (Å²) in [6.45, 7) is 0. The Labute approximate surface area is 185 Å². The Morgan fingerprint density at radius 2 is 2.03 bits per heavy atom. The van der Waals surface area contributed by atoms with Crippen molar-refractivity contribution in [3.05, 3.63) is 81.2 Å². The van der Waals surface area contributed by atoms with Crippen LogP contribution in [0.2, 0.25) is 0 Å². The molecule has 10 heteroatoms. The number of benzene rings is 2. The molecule has 1 fully saturated rings. The number of anilines is 1. The molecule has 1 amide bonds. The fourth-order valence-electron chi connectivity index (χ4n) is 3.01. The maximum Gasteiger partial charge on any atom is 0.273 e. The third-order valence-corrected chi connectivity index (χ3v) is 5.72. The number of methoxy groups -OCH3 is 1. The molecule has 1 aromatic heterocycles. The summed E-state index contributed by atoms with van der Waals surface area (Å²) >= 11 is 6.37. The topological polar surface area (TPSA) is 85.8 Å². The summed E-state index contributed by atoms with van der Waals surface area (Å²) in [6.07, 6.45) is 1.54. The predicted molar refractivity (Wildman–Crippen MR) is 119 cm³/mol. The second-order valence-electron chi connectivity index (χ2n) is 6.34. The first-order valence-electron chi connectivity index (χ1n) is 8.83. The van der Waals surface area contributed by atoms with E-state index in [0.717, 1.165) is 11.8 Å². The summed E-state index contributed by atoms with van der Waals surface area (Å²) in [4.78, 5) is 24.9. The van der Waals surface area contributed by atoms with Crippen LogP contribution < -0.4 is 9.64 Å². The minimum Gasteiger partial charge on any atom is -0.496 e. The maximum absolute atomic E-state index is 13.5. The standard InChI is InChI=1S/C21H13FN2O5S2/c1-28-18-10-14(24(26)27)5-7-16(18)17-8-6-15(29-17)11-19-20(25)23(21(30)31-19)13-4-2-3-12(22)9-13/h2-11H,1H3. The van der Waals surface area contributed by atoms with Crippen LogP contribution in [-0.4, -0.2) is 22.3 Å². The number of amides is 1. The van der Waals surface area contributed by atoms with E-state index in [9.17, 15) is 19.3 Å². The number of nitrogens with zero attached hydrogens (tertiary/aromatic N) is 2. The largest absolute Gasteiger partial charge is 0.496 e. The number of non-ortho nitro benzene ring substituents is 1. The van der Waals surface area contributed by atoms with Gasteiger partial charge in [-0.15, -0.1) is 0 Å². The molecule has 3 aromatic rings. The van der Waals surface area contributed by atoms with Crippen molar-refractivity contribution in [2.45, 2.75) is 0 Å². The van der Waals surface area contributed by atoms with Gasteiger partial charge < -0.3 is 9.15 Å². The first kappa shape index (κ1) is 20.8. The molecule has 4 rings (SSSR count). The van der Waals surface area contributed by atoms with E-state index >= 15 is 0 Å². The molecule has 0 saturated carbocycles. The lowest BCUT2D eigenvalue weighted by molar-refractivity contribution is -0.384. The number of halogens is 1. The average molecular weight is 456 g/mol. The molecule has 0 spiro atoms. The van der Waals surface area contributed by atoms with Gasteiger partial charge >= 0.3 is 0 Å². The molecule has 156 valence electrons. The van der Waals surface area contributed by atoms with E-state index in [1.165, 1.54) is 48.4 Å². The van der Waals surface area contributed by atoms with Crippen LogP contribution in [0, 0.1) is 15.9 Å². The molecule has 0 aliphatic carbocycles. The van der Waals surface area contributed by atoms with Crippen LogP contribution in [0.15, 0.2) is 63.9 Å². The third kappa shape index (κ3) is 4.07. The van der Waals surface area contributed by atoms with E-state index in [4.69, 9.17) is 21.4 Å². The van der Waals surface area contributed by atoms with Gasteiger partial charge in [0.15, 0.2) is 4.32 Å². The van der Waals surface area contributed by atoms with E-state index in [-0.39, 0.29) is 21.7 Å². The Balaban J connectivity index is 1.63. The Kier molecular flexibility index (Phi) is 5.57. The number of rotatable bonds is 5. The van der Waals surface area contributed by atoms with Crippen LogP contribution in [-0.2, 0) is 4.79 Å². The van der Waals surface area contributed by atoms with Gasteiger partial charge in [0.05, 0.1) is 34.3 Å². The van der Waals surface area contributed by atoms with Crippen LogP contribution in [0.1, 0.15) is 5.76 Å². The Bertz CT molecular complexity index is 1250. The highest BCUT2D eigenvalue weighted by Crippen LogP contribution is 2.38. The van der Waals surface area contributed by atoms with Crippen LogP contribution in [0.4, 0.5) is 15.8 Å². The SMILES string of the molecule is COc1cc([N+](=O)[O-])ccc1-c1ccc(C=C2SC(=S)N(c3cccc(F)c3)C2=O)o1. The van der Waals surface area contributed by atoms with Crippen molar-refractivity contribution in [1.29, 1.82) is 0 Å². The van der Waals surface area contributed by atoms with Crippen molar-refractivity contribution in [3.8, 4) is 17.1 Å². The van der Waals surface area contributed by atoms with Crippen molar-refractivity contribution in [3.63, 3.8) is 0 Å². The number of carbonyl (C=O) groups is 1. The lowest BCUT2D eigenvalue weighted by atomic mass is 10.1. The summed E-state index contributed by atoms with van der Waals surface area (Å²) in [5.41, 5.74) is 0.773. The molecule has 1 saturated heterocycles. The van der Waals surface area contributed by atoms with E-state index in [1.54, 1.807) is 24.3 Å². The number of ether oxygens (including phenoxy) is 1. The van der Waals surface area contributed by atoms with Crippen LogP contribution in [0.5, 0.6) is 5.75 Å². The molecule has 2 aromatic carbocycles. The minimum atomic E-state index is -0.513. The highest BCUT2D eigenvalue weighted by Gasteiger charge is 2.33. The van der Waals surface area contributed by atoms with Gasteiger partial charge in [-0.25, -0.2) is 4.39 Å². The third-order valence-electron chi connectivity index (χ3n) is 4.42. The zero-order valence-electron chi connectivity index (χ0n) is 15.9. The van der Waals surface area contributed by atoms with Crippen molar-refractivity contribution in [2.75, 3.05) is 12.0 Å². The van der Waals surface area contributed by atoms with Crippen molar-refractivity contribution < 1.29 is 23.3 Å². The highest BCUT2D eigenvalue weighted by molar-refractivity contribution is 8.27. The monoisotopic (exact) mass is 456 g/mol. The predicted octanol–water partition coefficient (Wildman–Crippen LogP) is 5.41. The number of nitro benzene ring substituents is 1. The molecule has 0 radical (unpaired) electrons. The van der Waals surface area contributed by atoms with Gasteiger partial charge in [0.25, 0.3) is 11.6 Å². The summed E-state index contributed by atoms with van der Waals surface area (Å²) in [5.74, 6) is 0.232. The van der Waals surface area contributed by atoms with Gasteiger partial charge in [0, 0.05) is 12.1 Å². The second-order valence-corrected chi connectivity index (χ2v) is 8.02. The molecular weight excluding hydrogens is 443 g/mol. The zero-order valence-corrected chi connectivity index (χ0v) is 17.5. The zero-order chi connectivity index (χ0) is 22.1. The van der Waals surface area contributed by atoms with E-state index < -0.39 is 10.7 Å². The average Bonchev–Trinajstić information content (AvgIpc) is 3.31. The molecule has 0 N–H and O–H groups in total. The van der Waals surface area contributed by atoms with Crippen LogP contribution >= 0.6 is 24.0 Å². The molecule has 0 bridgehead atoms. The fraction of sp³-hybridized carbons (Fsp3) is 0.0476. The number of hydrogen-bond donors (Lipinski definition) is 0.